The number of carboxylic acid groups (broad SMARTS) is 1. The number of aliphatic hydroxyl groups is 1. The molecule has 0 aromatic carbocycles. The number of carbonyl (C=O) groups excluding carboxylic acids is 5. The van der Waals surface area contributed by atoms with Gasteiger partial charge in [-0.2, -0.15) is 0 Å². The normalized spacial score (nSPS) is 15.0. The molecular weight excluding hydrogens is 602 g/mol. The quantitative estimate of drug-likeness (QED) is 0.0334. The van der Waals surface area contributed by atoms with Gasteiger partial charge in [0.25, 0.3) is 0 Å². The Hall–Kier alpha value is -3.99. The molecule has 0 aromatic rings. The molecule has 0 saturated heterocycles. The van der Waals surface area contributed by atoms with Gasteiger partial charge in [0.1, 0.15) is 30.7 Å². The van der Waals surface area contributed by atoms with Gasteiger partial charge in [0.15, 0.2) is 5.96 Å². The molecule has 264 valence electrons. The molecule has 0 unspecified atom stereocenters. The second-order valence-corrected chi connectivity index (χ2v) is 12.2. The van der Waals surface area contributed by atoms with Crippen LogP contribution in [0.2, 0.25) is 0 Å². The number of nitrogens with one attached hydrogen (secondary N) is 5. The van der Waals surface area contributed by atoms with Crippen LogP contribution in [0.5, 0.6) is 0 Å². The highest BCUT2D eigenvalue weighted by atomic mass is 16.4. The fourth-order valence-electron chi connectivity index (χ4n) is 4.26. The first-order chi connectivity index (χ1) is 21.4. The van der Waals surface area contributed by atoms with Crippen molar-refractivity contribution in [3.05, 3.63) is 0 Å². The lowest BCUT2D eigenvalue weighted by molar-refractivity contribution is -0.138. The Kier molecular flexibility index (Phi) is 19.8. The van der Waals surface area contributed by atoms with Crippen molar-refractivity contribution in [3.63, 3.8) is 0 Å². The Bertz CT molecular complexity index is 1050. The lowest BCUT2D eigenvalue weighted by Gasteiger charge is -2.28. The number of aliphatic imine (C=N–C) groups is 1. The molecule has 0 rings (SSSR count). The van der Waals surface area contributed by atoms with Crippen molar-refractivity contribution in [3.8, 4) is 0 Å². The molecule has 0 bridgehead atoms. The van der Waals surface area contributed by atoms with Gasteiger partial charge in [-0.25, -0.2) is 0 Å². The third kappa shape index (κ3) is 16.9. The predicted molar refractivity (Wildman–Crippen MR) is 172 cm³/mol. The van der Waals surface area contributed by atoms with Crippen LogP contribution in [0, 0.1) is 17.8 Å². The minimum absolute atomic E-state index is 0.0668. The molecule has 0 aromatic heterocycles. The molecule has 0 heterocycles. The van der Waals surface area contributed by atoms with Gasteiger partial charge in [-0.05, 0) is 43.4 Å². The van der Waals surface area contributed by atoms with E-state index in [2.05, 4.69) is 31.6 Å². The SMILES string of the molecule is CC[C@H](C)[C@H](N)C(=O)N[C@@H](CO)C(=O)N[C@@H](CC(C)C)C(=O)N[C@@H](CC(C)C)C(=O)N[C@@H](CCCN=C(N)N)C(=O)NCC(=O)O. The molecule has 17 heteroatoms. The third-order valence-electron chi connectivity index (χ3n) is 7.05. The average Bonchev–Trinajstić information content (AvgIpc) is 2.97. The summed E-state index contributed by atoms with van der Waals surface area (Å²) in [5.74, 6) is -5.34. The second-order valence-electron chi connectivity index (χ2n) is 12.2. The van der Waals surface area contributed by atoms with Crippen molar-refractivity contribution < 1.29 is 39.0 Å². The smallest absolute Gasteiger partial charge is 0.322 e. The van der Waals surface area contributed by atoms with E-state index < -0.39 is 78.9 Å². The Morgan fingerprint density at radius 3 is 1.59 bits per heavy atom. The largest absolute Gasteiger partial charge is 0.480 e. The van der Waals surface area contributed by atoms with Gasteiger partial charge in [-0.15, -0.1) is 0 Å². The first-order valence-corrected chi connectivity index (χ1v) is 15.6. The van der Waals surface area contributed by atoms with Gasteiger partial charge in [0.05, 0.1) is 12.6 Å². The van der Waals surface area contributed by atoms with Crippen LogP contribution in [0.1, 0.15) is 73.6 Å². The van der Waals surface area contributed by atoms with Crippen LogP contribution in [-0.2, 0) is 28.8 Å². The van der Waals surface area contributed by atoms with Gasteiger partial charge < -0.3 is 54.0 Å². The molecule has 17 nitrogen and oxygen atoms in total. The molecule has 0 aliphatic carbocycles. The Labute approximate surface area is 270 Å². The lowest BCUT2D eigenvalue weighted by atomic mass is 9.98. The first-order valence-electron chi connectivity index (χ1n) is 15.6. The highest BCUT2D eigenvalue weighted by Crippen LogP contribution is 2.11. The first kappa shape index (κ1) is 42.0. The summed E-state index contributed by atoms with van der Waals surface area (Å²) in [6, 6.07) is -5.70. The second kappa shape index (κ2) is 21.7. The molecule has 0 aliphatic rings. The van der Waals surface area contributed by atoms with Crippen LogP contribution in [0.25, 0.3) is 0 Å². The fraction of sp³-hybridized carbons (Fsp3) is 0.759. The van der Waals surface area contributed by atoms with Crippen LogP contribution in [0.4, 0.5) is 0 Å². The lowest BCUT2D eigenvalue weighted by Crippen LogP contribution is -2.60. The van der Waals surface area contributed by atoms with Gasteiger partial charge in [-0.3, -0.25) is 33.8 Å². The number of hydrogen-bond donors (Lipinski definition) is 10. The summed E-state index contributed by atoms with van der Waals surface area (Å²) >= 11 is 0. The number of amides is 5. The molecule has 0 radical (unpaired) electrons. The maximum absolute atomic E-state index is 13.5. The highest BCUT2D eigenvalue weighted by Gasteiger charge is 2.32. The van der Waals surface area contributed by atoms with Gasteiger partial charge >= 0.3 is 5.97 Å². The number of guanidine groups is 1. The standard InChI is InChI=1S/C29H55N9O8/c1-7-17(6)23(30)28(46)38-21(14-39)27(45)37-20(12-16(4)5)26(44)36-19(11-15(2)3)25(43)35-18(9-8-10-33-29(31)32)24(42)34-13-22(40)41/h15-21,23,39H,7-14,30H2,1-6H3,(H,34,42)(H,35,43)(H,36,44)(H,37,45)(H,38,46)(H,40,41)(H4,31,32,33)/t17-,18-,19-,20-,21-,23-/m0/s1. The highest BCUT2D eigenvalue weighted by molar-refractivity contribution is 5.96. The summed E-state index contributed by atoms with van der Waals surface area (Å²) in [6.45, 7) is 9.68. The van der Waals surface area contributed by atoms with E-state index in [0.29, 0.717) is 6.42 Å². The zero-order valence-electron chi connectivity index (χ0n) is 27.8. The van der Waals surface area contributed by atoms with Crippen molar-refractivity contribution >= 4 is 41.5 Å². The van der Waals surface area contributed by atoms with Crippen LogP contribution in [0.15, 0.2) is 4.99 Å². The molecule has 0 saturated carbocycles. The predicted octanol–water partition coefficient (Wildman–Crippen LogP) is -2.36. The minimum Gasteiger partial charge on any atom is -0.480 e. The number of nitrogens with two attached hydrogens (primary N) is 3. The number of carboxylic acids is 1. The summed E-state index contributed by atoms with van der Waals surface area (Å²) in [4.78, 5) is 80.1. The van der Waals surface area contributed by atoms with E-state index in [4.69, 9.17) is 22.3 Å². The van der Waals surface area contributed by atoms with Crippen molar-refractivity contribution in [1.82, 2.24) is 26.6 Å². The van der Waals surface area contributed by atoms with Crippen molar-refractivity contribution in [1.29, 1.82) is 0 Å². The molecule has 46 heavy (non-hydrogen) atoms. The van der Waals surface area contributed by atoms with Crippen molar-refractivity contribution in [2.24, 2.45) is 39.9 Å². The number of aliphatic carboxylic acids is 1. The Morgan fingerprint density at radius 2 is 1.17 bits per heavy atom. The molecular formula is C29H55N9O8. The van der Waals surface area contributed by atoms with E-state index in [0.717, 1.165) is 0 Å². The number of nitrogens with zero attached hydrogens (tertiary/aromatic N) is 1. The third-order valence-corrected chi connectivity index (χ3v) is 7.05. The topological polar surface area (TPSA) is 293 Å². The average molecular weight is 658 g/mol. The Balaban J connectivity index is 5.90. The Morgan fingerprint density at radius 1 is 0.717 bits per heavy atom. The zero-order valence-corrected chi connectivity index (χ0v) is 27.8. The molecule has 0 aliphatic heterocycles. The van der Waals surface area contributed by atoms with E-state index >= 15 is 0 Å². The molecule has 13 N–H and O–H groups in total. The summed E-state index contributed by atoms with van der Waals surface area (Å²) in [7, 11) is 0. The zero-order chi connectivity index (χ0) is 35.6. The summed E-state index contributed by atoms with van der Waals surface area (Å²) < 4.78 is 0. The van der Waals surface area contributed by atoms with Crippen LogP contribution in [0.3, 0.4) is 0 Å². The van der Waals surface area contributed by atoms with E-state index in [1.165, 1.54) is 0 Å². The van der Waals surface area contributed by atoms with Gasteiger partial charge in [0.2, 0.25) is 29.5 Å². The minimum atomic E-state index is -1.37. The van der Waals surface area contributed by atoms with E-state index in [1.54, 1.807) is 6.92 Å². The maximum atomic E-state index is 13.5. The maximum Gasteiger partial charge on any atom is 0.322 e. The molecule has 0 fully saturated rings. The number of aliphatic hydroxyl groups excluding tert-OH is 1. The van der Waals surface area contributed by atoms with E-state index in [-0.39, 0.29) is 55.9 Å². The fourth-order valence-corrected chi connectivity index (χ4v) is 4.26. The number of rotatable bonds is 22. The van der Waals surface area contributed by atoms with Crippen LogP contribution >= 0.6 is 0 Å². The number of carbonyl (C=O) groups is 6. The van der Waals surface area contributed by atoms with Crippen molar-refractivity contribution in [2.45, 2.75) is 104 Å². The van der Waals surface area contributed by atoms with Gasteiger partial charge in [-0.1, -0.05) is 48.0 Å². The van der Waals surface area contributed by atoms with E-state index in [9.17, 15) is 33.9 Å². The number of hydrogen-bond acceptors (Lipinski definition) is 9. The molecule has 6 atom stereocenters. The molecule has 5 amide bonds. The summed E-state index contributed by atoms with van der Waals surface area (Å²) in [5.41, 5.74) is 16.6. The van der Waals surface area contributed by atoms with Crippen LogP contribution in [-0.4, -0.2) is 102 Å². The molecule has 0 spiro atoms. The van der Waals surface area contributed by atoms with Crippen molar-refractivity contribution in [2.75, 3.05) is 19.7 Å². The van der Waals surface area contributed by atoms with Gasteiger partial charge in [0, 0.05) is 6.54 Å². The summed E-state index contributed by atoms with van der Waals surface area (Å²) in [6.07, 6.45) is 1.30. The summed E-state index contributed by atoms with van der Waals surface area (Å²) in [5, 5.41) is 31.2. The van der Waals surface area contributed by atoms with Crippen LogP contribution < -0.4 is 43.8 Å². The monoisotopic (exact) mass is 657 g/mol. The van der Waals surface area contributed by atoms with E-state index in [1.807, 2.05) is 34.6 Å².